The molecule has 8 heteroatoms. The molecule has 1 fully saturated rings. The van der Waals surface area contributed by atoms with Crippen molar-refractivity contribution in [2.75, 3.05) is 11.9 Å². The van der Waals surface area contributed by atoms with Crippen LogP contribution in [-0.2, 0) is 0 Å². The first kappa shape index (κ1) is 21.0. The normalized spacial score (nSPS) is 14.4. The number of aromatic nitrogens is 1. The molecule has 29 heavy (non-hydrogen) atoms. The van der Waals surface area contributed by atoms with E-state index in [1.165, 1.54) is 30.8 Å². The van der Waals surface area contributed by atoms with Crippen LogP contribution in [0.5, 0.6) is 5.75 Å². The zero-order valence-electron chi connectivity index (χ0n) is 16.3. The number of alkyl halides is 3. The molecule has 0 aliphatic heterocycles. The smallest absolute Gasteiger partial charge is 0.406 e. The molecule has 2 N–H and O–H groups in total. The molecule has 1 aromatic heterocycles. The van der Waals surface area contributed by atoms with Gasteiger partial charge in [-0.15, -0.1) is 13.2 Å². The minimum atomic E-state index is -4.75. The number of rotatable bonds is 7. The molecular weight excluding hydrogens is 383 g/mol. The van der Waals surface area contributed by atoms with Crippen molar-refractivity contribution in [3.63, 3.8) is 0 Å². The Morgan fingerprint density at radius 3 is 2.66 bits per heavy atom. The van der Waals surface area contributed by atoms with Gasteiger partial charge in [-0.1, -0.05) is 26.3 Å². The minimum absolute atomic E-state index is 0.0721. The van der Waals surface area contributed by atoms with E-state index in [4.69, 9.17) is 0 Å². The van der Waals surface area contributed by atoms with Crippen LogP contribution in [-0.4, -0.2) is 23.8 Å². The number of nitrogens with zero attached hydrogens (tertiary/aromatic N) is 1. The standard InChI is InChI=1S/C21H24F3N3O2/c1-13(2)17-10-19(25-12-18(17)20(28)26-11-14-5-3-6-14)27-15-7-4-8-16(9-15)29-21(22,23)24/h4,7-10,12-14H,3,5-6,11H2,1-2H3,(H,25,27)(H,26,28). The third-order valence-corrected chi connectivity index (χ3v) is 4.92. The molecule has 0 spiro atoms. The molecule has 0 saturated heterocycles. The van der Waals surface area contributed by atoms with Crippen LogP contribution < -0.4 is 15.4 Å². The van der Waals surface area contributed by atoms with Crippen LogP contribution >= 0.6 is 0 Å². The summed E-state index contributed by atoms with van der Waals surface area (Å²) >= 11 is 0. The van der Waals surface area contributed by atoms with Crippen molar-refractivity contribution in [3.8, 4) is 5.75 Å². The molecule has 5 nitrogen and oxygen atoms in total. The lowest BCUT2D eigenvalue weighted by molar-refractivity contribution is -0.274. The van der Waals surface area contributed by atoms with E-state index in [0.717, 1.165) is 18.4 Å². The molecular formula is C21H24F3N3O2. The van der Waals surface area contributed by atoms with Gasteiger partial charge < -0.3 is 15.4 Å². The van der Waals surface area contributed by atoms with Gasteiger partial charge in [0.25, 0.3) is 5.91 Å². The number of anilines is 2. The maximum Gasteiger partial charge on any atom is 0.573 e. The Labute approximate surface area is 167 Å². The molecule has 1 amide bonds. The molecule has 0 unspecified atom stereocenters. The van der Waals surface area contributed by atoms with Gasteiger partial charge in [0.2, 0.25) is 0 Å². The highest BCUT2D eigenvalue weighted by molar-refractivity contribution is 5.96. The fraction of sp³-hybridized carbons (Fsp3) is 0.429. The van der Waals surface area contributed by atoms with Crippen LogP contribution in [0.2, 0.25) is 0 Å². The van der Waals surface area contributed by atoms with E-state index >= 15 is 0 Å². The quantitative estimate of drug-likeness (QED) is 0.647. The number of ether oxygens (including phenoxy) is 1. The Morgan fingerprint density at radius 2 is 2.03 bits per heavy atom. The lowest BCUT2D eigenvalue weighted by Crippen LogP contribution is -2.32. The number of hydrogen-bond donors (Lipinski definition) is 2. The van der Waals surface area contributed by atoms with E-state index < -0.39 is 6.36 Å². The second kappa shape index (κ2) is 8.71. The Bertz CT molecular complexity index is 864. The molecule has 3 rings (SSSR count). The fourth-order valence-corrected chi connectivity index (χ4v) is 3.15. The highest BCUT2D eigenvalue weighted by atomic mass is 19.4. The summed E-state index contributed by atoms with van der Waals surface area (Å²) in [6, 6.07) is 7.28. The number of carbonyl (C=O) groups is 1. The Morgan fingerprint density at radius 1 is 1.28 bits per heavy atom. The molecule has 0 bridgehead atoms. The van der Waals surface area contributed by atoms with Crippen LogP contribution in [0.4, 0.5) is 24.7 Å². The predicted molar refractivity (Wildman–Crippen MR) is 104 cm³/mol. The summed E-state index contributed by atoms with van der Waals surface area (Å²) < 4.78 is 41.2. The summed E-state index contributed by atoms with van der Waals surface area (Å²) in [4.78, 5) is 16.8. The van der Waals surface area contributed by atoms with E-state index in [2.05, 4.69) is 20.4 Å². The first-order chi connectivity index (χ1) is 13.7. The summed E-state index contributed by atoms with van der Waals surface area (Å²) in [5.41, 5.74) is 1.73. The van der Waals surface area contributed by atoms with Gasteiger partial charge in [-0.3, -0.25) is 4.79 Å². The second-order valence-electron chi connectivity index (χ2n) is 7.52. The van der Waals surface area contributed by atoms with Crippen LogP contribution in [0.25, 0.3) is 0 Å². The maximum absolute atomic E-state index is 12.6. The summed E-state index contributed by atoms with van der Waals surface area (Å²) in [7, 11) is 0. The molecule has 1 aromatic carbocycles. The van der Waals surface area contributed by atoms with Gasteiger partial charge in [-0.05, 0) is 48.4 Å². The number of nitrogens with one attached hydrogen (secondary N) is 2. The zero-order valence-corrected chi connectivity index (χ0v) is 16.3. The molecule has 1 heterocycles. The molecule has 1 saturated carbocycles. The summed E-state index contributed by atoms with van der Waals surface area (Å²) in [6.45, 7) is 4.61. The van der Waals surface area contributed by atoms with E-state index in [0.29, 0.717) is 29.5 Å². The van der Waals surface area contributed by atoms with Gasteiger partial charge >= 0.3 is 6.36 Å². The van der Waals surface area contributed by atoms with E-state index in [-0.39, 0.29) is 17.6 Å². The van der Waals surface area contributed by atoms with Crippen LogP contribution in [0.1, 0.15) is 54.9 Å². The summed E-state index contributed by atoms with van der Waals surface area (Å²) in [5.74, 6) is 0.594. The average Bonchev–Trinajstić information content (AvgIpc) is 2.59. The first-order valence-electron chi connectivity index (χ1n) is 9.62. The van der Waals surface area contributed by atoms with Crippen LogP contribution in [0.15, 0.2) is 36.5 Å². The molecule has 0 atom stereocenters. The monoisotopic (exact) mass is 407 g/mol. The molecule has 1 aliphatic carbocycles. The number of hydrogen-bond acceptors (Lipinski definition) is 4. The lowest BCUT2D eigenvalue weighted by Gasteiger charge is -2.25. The topological polar surface area (TPSA) is 63.2 Å². The van der Waals surface area contributed by atoms with Gasteiger partial charge in [0.15, 0.2) is 0 Å². The van der Waals surface area contributed by atoms with E-state index in [1.807, 2.05) is 13.8 Å². The maximum atomic E-state index is 12.6. The number of benzene rings is 1. The number of amides is 1. The molecule has 156 valence electrons. The highest BCUT2D eigenvalue weighted by Gasteiger charge is 2.31. The van der Waals surface area contributed by atoms with Crippen LogP contribution in [0.3, 0.4) is 0 Å². The molecule has 0 radical (unpaired) electrons. The largest absolute Gasteiger partial charge is 0.573 e. The van der Waals surface area contributed by atoms with Crippen LogP contribution in [0, 0.1) is 5.92 Å². The zero-order chi connectivity index (χ0) is 21.0. The Kier molecular flexibility index (Phi) is 6.30. The van der Waals surface area contributed by atoms with Gasteiger partial charge in [0.1, 0.15) is 11.6 Å². The Balaban J connectivity index is 1.74. The number of pyridine rings is 1. The third kappa shape index (κ3) is 5.85. The van der Waals surface area contributed by atoms with Crippen molar-refractivity contribution < 1.29 is 22.7 Å². The lowest BCUT2D eigenvalue weighted by atomic mass is 9.85. The van der Waals surface area contributed by atoms with Gasteiger partial charge in [0.05, 0.1) is 5.56 Å². The van der Waals surface area contributed by atoms with Crippen molar-refractivity contribution in [1.82, 2.24) is 10.3 Å². The first-order valence-corrected chi connectivity index (χ1v) is 9.62. The van der Waals surface area contributed by atoms with Crippen molar-refractivity contribution in [1.29, 1.82) is 0 Å². The van der Waals surface area contributed by atoms with Gasteiger partial charge in [0, 0.05) is 24.5 Å². The second-order valence-corrected chi connectivity index (χ2v) is 7.52. The number of carbonyl (C=O) groups excluding carboxylic acids is 1. The fourth-order valence-electron chi connectivity index (χ4n) is 3.15. The van der Waals surface area contributed by atoms with E-state index in [1.54, 1.807) is 12.1 Å². The average molecular weight is 407 g/mol. The Hall–Kier alpha value is -2.77. The van der Waals surface area contributed by atoms with E-state index in [9.17, 15) is 18.0 Å². The van der Waals surface area contributed by atoms with Gasteiger partial charge in [-0.25, -0.2) is 4.98 Å². The minimum Gasteiger partial charge on any atom is -0.406 e. The summed E-state index contributed by atoms with van der Waals surface area (Å²) in [5, 5.41) is 5.94. The highest BCUT2D eigenvalue weighted by Crippen LogP contribution is 2.28. The molecule has 2 aromatic rings. The van der Waals surface area contributed by atoms with Crippen molar-refractivity contribution in [3.05, 3.63) is 47.7 Å². The third-order valence-electron chi connectivity index (χ3n) is 4.92. The van der Waals surface area contributed by atoms with Crippen molar-refractivity contribution >= 4 is 17.4 Å². The SMILES string of the molecule is CC(C)c1cc(Nc2cccc(OC(F)(F)F)c2)ncc1C(=O)NCC1CCC1. The molecule has 1 aliphatic rings. The van der Waals surface area contributed by atoms with Crippen molar-refractivity contribution in [2.24, 2.45) is 5.92 Å². The van der Waals surface area contributed by atoms with Gasteiger partial charge in [-0.2, -0.15) is 0 Å². The van der Waals surface area contributed by atoms with Crippen molar-refractivity contribution in [2.45, 2.75) is 45.4 Å². The summed E-state index contributed by atoms with van der Waals surface area (Å²) in [6.07, 6.45) is 0.264. The predicted octanol–water partition coefficient (Wildman–Crippen LogP) is 5.38. The number of halogens is 3.